The molecule has 0 aliphatic heterocycles. The molecule has 2 aromatic rings. The maximum Gasteiger partial charge on any atom is 0.415 e. The monoisotopic (exact) mass is 507 g/mol. The second-order valence-corrected chi connectivity index (χ2v) is 8.98. The minimum Gasteiger partial charge on any atom is -0.492 e. The van der Waals surface area contributed by atoms with Gasteiger partial charge >= 0.3 is 12.1 Å². The Morgan fingerprint density at radius 1 is 1.06 bits per heavy atom. The lowest BCUT2D eigenvalue weighted by Crippen LogP contribution is -2.37. The largest absolute Gasteiger partial charge is 0.492 e. The Morgan fingerprint density at radius 2 is 1.83 bits per heavy atom. The molecular weight excluding hydrogens is 473 g/mol. The Balaban J connectivity index is 1.90. The molecule has 0 bridgehead atoms. The first-order valence-corrected chi connectivity index (χ1v) is 12.9. The van der Waals surface area contributed by atoms with Crippen molar-refractivity contribution in [3.63, 3.8) is 0 Å². The van der Waals surface area contributed by atoms with E-state index in [1.165, 1.54) is 24.3 Å². The van der Waals surface area contributed by atoms with Gasteiger partial charge in [-0.3, -0.25) is 0 Å². The standard InChI is InChI=1S/C26H34FNO6S/c1-3-16-35-17-6-13-28(26(31)34-23-8-5-7-21(27)19-23)14-15-33-22-11-9-20(10-12-22)18-24(25(29)30)32-4-2/h5,7-12,19,24H,3-4,6,13-18H2,1-2H3,(H,29,30). The number of rotatable bonds is 16. The molecule has 1 atom stereocenters. The number of aliphatic carboxylic acids is 1. The second-order valence-electron chi connectivity index (χ2n) is 7.76. The highest BCUT2D eigenvalue weighted by Gasteiger charge is 2.18. The second kappa shape index (κ2) is 16.0. The van der Waals surface area contributed by atoms with E-state index in [0.29, 0.717) is 25.4 Å². The van der Waals surface area contributed by atoms with E-state index < -0.39 is 24.0 Å². The quantitative estimate of drug-likeness (QED) is 0.310. The van der Waals surface area contributed by atoms with Gasteiger partial charge in [0.2, 0.25) is 0 Å². The third-order valence-electron chi connectivity index (χ3n) is 4.94. The molecule has 192 valence electrons. The van der Waals surface area contributed by atoms with Crippen LogP contribution in [0.1, 0.15) is 32.3 Å². The minimum atomic E-state index is -0.995. The fourth-order valence-electron chi connectivity index (χ4n) is 3.22. The van der Waals surface area contributed by atoms with Crippen molar-refractivity contribution in [2.45, 2.75) is 39.2 Å². The number of ether oxygens (including phenoxy) is 3. The lowest BCUT2D eigenvalue weighted by atomic mass is 10.1. The SMILES string of the molecule is CCCSCCCN(CCOc1ccc(CC(OCC)C(=O)O)cc1)C(=O)Oc1cccc(F)c1. The Bertz CT molecular complexity index is 911. The molecule has 35 heavy (non-hydrogen) atoms. The summed E-state index contributed by atoms with van der Waals surface area (Å²) in [5, 5.41) is 9.23. The zero-order valence-electron chi connectivity index (χ0n) is 20.3. The molecule has 2 aromatic carbocycles. The van der Waals surface area contributed by atoms with Crippen molar-refractivity contribution >= 4 is 23.8 Å². The molecule has 0 heterocycles. The first kappa shape index (κ1) is 28.5. The van der Waals surface area contributed by atoms with E-state index >= 15 is 0 Å². The van der Waals surface area contributed by atoms with E-state index in [4.69, 9.17) is 14.2 Å². The van der Waals surface area contributed by atoms with Gasteiger partial charge in [-0.25, -0.2) is 14.0 Å². The highest BCUT2D eigenvalue weighted by atomic mass is 32.2. The van der Waals surface area contributed by atoms with Gasteiger partial charge in [0.25, 0.3) is 0 Å². The number of benzene rings is 2. The van der Waals surface area contributed by atoms with Gasteiger partial charge in [0.1, 0.15) is 23.9 Å². The van der Waals surface area contributed by atoms with Gasteiger partial charge < -0.3 is 24.2 Å². The molecule has 0 spiro atoms. The van der Waals surface area contributed by atoms with Gasteiger partial charge in [-0.1, -0.05) is 25.1 Å². The lowest BCUT2D eigenvalue weighted by Gasteiger charge is -2.22. The molecule has 0 aromatic heterocycles. The van der Waals surface area contributed by atoms with Gasteiger partial charge in [0.05, 0.1) is 6.54 Å². The summed E-state index contributed by atoms with van der Waals surface area (Å²) in [6, 6.07) is 12.6. The summed E-state index contributed by atoms with van der Waals surface area (Å²) in [6.45, 7) is 5.27. The van der Waals surface area contributed by atoms with Gasteiger partial charge in [0.15, 0.2) is 6.10 Å². The third kappa shape index (κ3) is 11.0. The zero-order valence-corrected chi connectivity index (χ0v) is 21.1. The summed E-state index contributed by atoms with van der Waals surface area (Å²) < 4.78 is 29.8. The number of hydrogen-bond acceptors (Lipinski definition) is 6. The van der Waals surface area contributed by atoms with E-state index in [2.05, 4.69) is 6.92 Å². The fourth-order valence-corrected chi connectivity index (χ4v) is 4.05. The summed E-state index contributed by atoms with van der Waals surface area (Å²) in [6.07, 6.45) is 0.734. The third-order valence-corrected chi connectivity index (χ3v) is 6.22. The molecule has 0 aliphatic carbocycles. The van der Waals surface area contributed by atoms with Crippen LogP contribution >= 0.6 is 11.8 Å². The average Bonchev–Trinajstić information content (AvgIpc) is 2.83. The number of hydrogen-bond donors (Lipinski definition) is 1. The van der Waals surface area contributed by atoms with Crippen molar-refractivity contribution in [2.75, 3.05) is 37.8 Å². The normalized spacial score (nSPS) is 11.6. The molecule has 0 fully saturated rings. The predicted molar refractivity (Wildman–Crippen MR) is 135 cm³/mol. The number of carbonyl (C=O) groups is 2. The fraction of sp³-hybridized carbons (Fsp3) is 0.462. The number of amides is 1. The van der Waals surface area contributed by atoms with Crippen LogP contribution in [0.3, 0.4) is 0 Å². The van der Waals surface area contributed by atoms with Crippen molar-refractivity contribution < 1.29 is 33.3 Å². The summed E-state index contributed by atoms with van der Waals surface area (Å²) in [5.74, 6) is 1.30. The summed E-state index contributed by atoms with van der Waals surface area (Å²) in [5.41, 5.74) is 0.822. The van der Waals surface area contributed by atoms with E-state index in [-0.39, 0.29) is 18.8 Å². The van der Waals surface area contributed by atoms with Crippen LogP contribution in [-0.2, 0) is 16.0 Å². The Morgan fingerprint density at radius 3 is 2.49 bits per heavy atom. The summed E-state index contributed by atoms with van der Waals surface area (Å²) >= 11 is 1.84. The van der Waals surface area contributed by atoms with Crippen molar-refractivity contribution in [1.82, 2.24) is 4.90 Å². The van der Waals surface area contributed by atoms with E-state index in [0.717, 1.165) is 29.9 Å². The molecular formula is C26H34FNO6S. The Labute approximate surface area is 210 Å². The number of halogens is 1. The molecule has 7 nitrogen and oxygen atoms in total. The molecule has 0 saturated carbocycles. The number of carboxylic acids is 1. The van der Waals surface area contributed by atoms with Crippen molar-refractivity contribution in [3.8, 4) is 11.5 Å². The number of nitrogens with zero attached hydrogens (tertiary/aromatic N) is 1. The molecule has 1 unspecified atom stereocenters. The van der Waals surface area contributed by atoms with E-state index in [1.54, 1.807) is 36.1 Å². The van der Waals surface area contributed by atoms with Crippen molar-refractivity contribution in [3.05, 3.63) is 59.9 Å². The summed E-state index contributed by atoms with van der Waals surface area (Å²) in [7, 11) is 0. The summed E-state index contributed by atoms with van der Waals surface area (Å²) in [4.78, 5) is 25.5. The number of carboxylic acid groups (broad SMARTS) is 1. The molecule has 0 saturated heterocycles. The lowest BCUT2D eigenvalue weighted by molar-refractivity contribution is -0.149. The molecule has 0 aliphatic rings. The van der Waals surface area contributed by atoms with Crippen LogP contribution < -0.4 is 9.47 Å². The molecule has 1 amide bonds. The topological polar surface area (TPSA) is 85.3 Å². The van der Waals surface area contributed by atoms with Gasteiger partial charge in [-0.2, -0.15) is 11.8 Å². The molecule has 0 radical (unpaired) electrons. The molecule has 2 rings (SSSR count). The Hall–Kier alpha value is -2.78. The Kier molecular flexibility index (Phi) is 13.0. The van der Waals surface area contributed by atoms with Crippen molar-refractivity contribution in [1.29, 1.82) is 0 Å². The van der Waals surface area contributed by atoms with Crippen LogP contribution in [0.5, 0.6) is 11.5 Å². The number of carbonyl (C=O) groups excluding carboxylic acids is 1. The highest BCUT2D eigenvalue weighted by Crippen LogP contribution is 2.16. The van der Waals surface area contributed by atoms with E-state index in [1.807, 2.05) is 11.8 Å². The van der Waals surface area contributed by atoms with Crippen LogP contribution in [0, 0.1) is 5.82 Å². The molecule has 1 N–H and O–H groups in total. The first-order chi connectivity index (χ1) is 16.9. The maximum atomic E-state index is 13.4. The van der Waals surface area contributed by atoms with Crippen LogP contribution in [0.15, 0.2) is 48.5 Å². The van der Waals surface area contributed by atoms with Gasteiger partial charge in [0, 0.05) is 25.6 Å². The van der Waals surface area contributed by atoms with Crippen LogP contribution in [0.4, 0.5) is 9.18 Å². The van der Waals surface area contributed by atoms with Gasteiger partial charge in [-0.15, -0.1) is 0 Å². The minimum absolute atomic E-state index is 0.156. The number of thioether (sulfide) groups is 1. The maximum absolute atomic E-state index is 13.4. The predicted octanol–water partition coefficient (Wildman–Crippen LogP) is 5.27. The van der Waals surface area contributed by atoms with Gasteiger partial charge in [-0.05, 0) is 61.1 Å². The smallest absolute Gasteiger partial charge is 0.415 e. The van der Waals surface area contributed by atoms with Crippen LogP contribution in [-0.4, -0.2) is 66.0 Å². The van der Waals surface area contributed by atoms with Crippen LogP contribution in [0.2, 0.25) is 0 Å². The zero-order chi connectivity index (χ0) is 25.5. The first-order valence-electron chi connectivity index (χ1n) is 11.8. The van der Waals surface area contributed by atoms with Crippen molar-refractivity contribution in [2.24, 2.45) is 0 Å². The molecule has 9 heteroatoms. The average molecular weight is 508 g/mol. The van der Waals surface area contributed by atoms with Crippen LogP contribution in [0.25, 0.3) is 0 Å². The highest BCUT2D eigenvalue weighted by molar-refractivity contribution is 7.99. The van der Waals surface area contributed by atoms with E-state index in [9.17, 15) is 19.1 Å².